The first-order valence-electron chi connectivity index (χ1n) is 9.49. The van der Waals surface area contributed by atoms with Crippen LogP contribution < -0.4 is 10.1 Å². The summed E-state index contributed by atoms with van der Waals surface area (Å²) in [7, 11) is 0. The molecule has 0 spiro atoms. The molecule has 0 heterocycles. The highest BCUT2D eigenvalue weighted by Crippen LogP contribution is 2.23. The zero-order chi connectivity index (χ0) is 22.4. The Kier molecular flexibility index (Phi) is 6.77. The summed E-state index contributed by atoms with van der Waals surface area (Å²) in [6.45, 7) is 2.74. The summed E-state index contributed by atoms with van der Waals surface area (Å²) >= 11 is 0. The molecule has 0 aliphatic rings. The largest absolute Gasteiger partial charge is 0.449 e. The molecule has 0 aromatic heterocycles. The molecule has 0 bridgehead atoms. The van der Waals surface area contributed by atoms with Gasteiger partial charge < -0.3 is 14.8 Å². The molecule has 0 aliphatic heterocycles. The van der Waals surface area contributed by atoms with Gasteiger partial charge in [-0.3, -0.25) is 9.59 Å². The van der Waals surface area contributed by atoms with Gasteiger partial charge in [0.25, 0.3) is 5.91 Å². The minimum atomic E-state index is -1.11. The maximum absolute atomic E-state index is 13.7. The third-order valence-electron chi connectivity index (χ3n) is 4.35. The topological polar surface area (TPSA) is 81.7 Å². The number of halogens is 1. The molecule has 3 aromatic rings. The lowest BCUT2D eigenvalue weighted by Crippen LogP contribution is -2.30. The highest BCUT2D eigenvalue weighted by Gasteiger charge is 2.20. The maximum Gasteiger partial charge on any atom is 0.338 e. The molecule has 1 N–H and O–H groups in total. The van der Waals surface area contributed by atoms with Gasteiger partial charge in [0.1, 0.15) is 11.6 Å². The van der Waals surface area contributed by atoms with E-state index in [2.05, 4.69) is 5.32 Å². The van der Waals surface area contributed by atoms with Crippen LogP contribution >= 0.6 is 0 Å². The molecule has 0 aliphatic carbocycles. The number of para-hydroxylation sites is 1. The Morgan fingerprint density at radius 3 is 2.03 bits per heavy atom. The molecular weight excluding hydrogens is 401 g/mol. The zero-order valence-corrected chi connectivity index (χ0v) is 16.9. The molecule has 3 aromatic carbocycles. The van der Waals surface area contributed by atoms with E-state index in [1.165, 1.54) is 32.0 Å². The predicted octanol–water partition coefficient (Wildman–Crippen LogP) is 4.60. The van der Waals surface area contributed by atoms with Crippen molar-refractivity contribution >= 4 is 23.5 Å². The van der Waals surface area contributed by atoms with E-state index in [4.69, 9.17) is 9.47 Å². The fourth-order valence-electron chi connectivity index (χ4n) is 2.76. The first kappa shape index (κ1) is 21.7. The smallest absolute Gasteiger partial charge is 0.338 e. The van der Waals surface area contributed by atoms with Gasteiger partial charge in [0.2, 0.25) is 0 Å². The molecule has 6 nitrogen and oxygen atoms in total. The standard InChI is InChI=1S/C24H20FNO5/c1-15(23(28)26-22-6-4-3-5-21(22)25)30-24(29)19-9-7-17(8-10-19)18-11-13-20(14-12-18)31-16(2)27/h3-15H,1-2H3,(H,26,28). The van der Waals surface area contributed by atoms with Crippen molar-refractivity contribution in [1.82, 2.24) is 0 Å². The van der Waals surface area contributed by atoms with E-state index in [-0.39, 0.29) is 11.3 Å². The van der Waals surface area contributed by atoms with Crippen molar-refractivity contribution in [3.8, 4) is 16.9 Å². The van der Waals surface area contributed by atoms with Gasteiger partial charge in [-0.15, -0.1) is 0 Å². The summed E-state index contributed by atoms with van der Waals surface area (Å²) in [5, 5.41) is 2.39. The quantitative estimate of drug-likeness (QED) is 0.465. The van der Waals surface area contributed by atoms with Gasteiger partial charge in [-0.25, -0.2) is 9.18 Å². The fraction of sp³-hybridized carbons (Fsp3) is 0.125. The van der Waals surface area contributed by atoms with E-state index < -0.39 is 29.8 Å². The second kappa shape index (κ2) is 9.67. The van der Waals surface area contributed by atoms with Crippen LogP contribution in [0.2, 0.25) is 0 Å². The number of carbonyl (C=O) groups is 3. The minimum Gasteiger partial charge on any atom is -0.449 e. The van der Waals surface area contributed by atoms with Crippen LogP contribution in [0.15, 0.2) is 72.8 Å². The van der Waals surface area contributed by atoms with Crippen molar-refractivity contribution in [1.29, 1.82) is 0 Å². The number of esters is 2. The molecule has 0 radical (unpaired) electrons. The van der Waals surface area contributed by atoms with E-state index in [1.54, 1.807) is 54.6 Å². The predicted molar refractivity (Wildman–Crippen MR) is 113 cm³/mol. The molecule has 0 fully saturated rings. The monoisotopic (exact) mass is 421 g/mol. The average molecular weight is 421 g/mol. The van der Waals surface area contributed by atoms with Crippen molar-refractivity contribution in [3.05, 3.63) is 84.2 Å². The van der Waals surface area contributed by atoms with Crippen LogP contribution in [0.1, 0.15) is 24.2 Å². The van der Waals surface area contributed by atoms with Gasteiger partial charge in [-0.1, -0.05) is 36.4 Å². The maximum atomic E-state index is 13.7. The Bertz CT molecular complexity index is 1090. The summed E-state index contributed by atoms with van der Waals surface area (Å²) < 4.78 is 23.8. The van der Waals surface area contributed by atoms with Crippen molar-refractivity contribution < 1.29 is 28.2 Å². The Morgan fingerprint density at radius 2 is 1.45 bits per heavy atom. The molecule has 31 heavy (non-hydrogen) atoms. The Labute approximate surface area is 178 Å². The minimum absolute atomic E-state index is 0.0134. The molecule has 1 atom stereocenters. The van der Waals surface area contributed by atoms with Crippen molar-refractivity contribution in [2.24, 2.45) is 0 Å². The third-order valence-corrected chi connectivity index (χ3v) is 4.35. The van der Waals surface area contributed by atoms with E-state index in [0.29, 0.717) is 5.75 Å². The average Bonchev–Trinajstić information content (AvgIpc) is 2.75. The fourth-order valence-corrected chi connectivity index (χ4v) is 2.76. The molecule has 1 unspecified atom stereocenters. The van der Waals surface area contributed by atoms with Gasteiger partial charge in [0.15, 0.2) is 6.10 Å². The normalized spacial score (nSPS) is 11.3. The molecule has 3 rings (SSSR count). The van der Waals surface area contributed by atoms with Gasteiger partial charge >= 0.3 is 11.9 Å². The van der Waals surface area contributed by atoms with E-state index in [1.807, 2.05) is 0 Å². The van der Waals surface area contributed by atoms with Gasteiger partial charge in [0.05, 0.1) is 11.3 Å². The Balaban J connectivity index is 1.61. The summed E-state index contributed by atoms with van der Waals surface area (Å²) in [4.78, 5) is 35.5. The second-order valence-electron chi connectivity index (χ2n) is 6.71. The molecule has 7 heteroatoms. The number of carbonyl (C=O) groups excluding carboxylic acids is 3. The number of hydrogen-bond donors (Lipinski definition) is 1. The molecular formula is C24H20FNO5. The molecule has 0 saturated carbocycles. The van der Waals surface area contributed by atoms with Gasteiger partial charge in [-0.2, -0.15) is 0 Å². The molecule has 0 saturated heterocycles. The van der Waals surface area contributed by atoms with Crippen LogP contribution in [0.4, 0.5) is 10.1 Å². The van der Waals surface area contributed by atoms with E-state index in [9.17, 15) is 18.8 Å². The van der Waals surface area contributed by atoms with Crippen LogP contribution in [0.5, 0.6) is 5.75 Å². The number of benzene rings is 3. The van der Waals surface area contributed by atoms with Crippen molar-refractivity contribution in [3.63, 3.8) is 0 Å². The third kappa shape index (κ3) is 5.76. The lowest BCUT2D eigenvalue weighted by molar-refractivity contribution is -0.131. The van der Waals surface area contributed by atoms with Crippen LogP contribution in [0.25, 0.3) is 11.1 Å². The van der Waals surface area contributed by atoms with Crippen molar-refractivity contribution in [2.75, 3.05) is 5.32 Å². The van der Waals surface area contributed by atoms with Crippen molar-refractivity contribution in [2.45, 2.75) is 20.0 Å². The van der Waals surface area contributed by atoms with E-state index in [0.717, 1.165) is 11.1 Å². The Morgan fingerprint density at radius 1 is 0.871 bits per heavy atom. The number of nitrogens with one attached hydrogen (secondary N) is 1. The van der Waals surface area contributed by atoms with Crippen LogP contribution in [0.3, 0.4) is 0 Å². The summed E-state index contributed by atoms with van der Waals surface area (Å²) in [5.41, 5.74) is 2.00. The lowest BCUT2D eigenvalue weighted by Gasteiger charge is -2.14. The highest BCUT2D eigenvalue weighted by molar-refractivity contribution is 5.97. The molecule has 158 valence electrons. The second-order valence-corrected chi connectivity index (χ2v) is 6.71. The first-order valence-corrected chi connectivity index (χ1v) is 9.49. The number of rotatable bonds is 6. The number of anilines is 1. The SMILES string of the molecule is CC(=O)Oc1ccc(-c2ccc(C(=O)OC(C)C(=O)Nc3ccccc3F)cc2)cc1. The summed E-state index contributed by atoms with van der Waals surface area (Å²) in [5.74, 6) is -1.84. The van der Waals surface area contributed by atoms with E-state index >= 15 is 0 Å². The van der Waals surface area contributed by atoms with Gasteiger partial charge in [0, 0.05) is 6.92 Å². The van der Waals surface area contributed by atoms with Crippen LogP contribution in [-0.2, 0) is 14.3 Å². The summed E-state index contributed by atoms with van der Waals surface area (Å²) in [6, 6.07) is 19.3. The highest BCUT2D eigenvalue weighted by atomic mass is 19.1. The Hall–Kier alpha value is -4.00. The summed E-state index contributed by atoms with van der Waals surface area (Å²) in [6.07, 6.45) is -1.11. The van der Waals surface area contributed by atoms with Crippen LogP contribution in [0, 0.1) is 5.82 Å². The van der Waals surface area contributed by atoms with Crippen LogP contribution in [-0.4, -0.2) is 23.9 Å². The number of amides is 1. The zero-order valence-electron chi connectivity index (χ0n) is 16.9. The number of ether oxygens (including phenoxy) is 2. The lowest BCUT2D eigenvalue weighted by atomic mass is 10.0. The number of hydrogen-bond acceptors (Lipinski definition) is 5. The van der Waals surface area contributed by atoms with Gasteiger partial charge in [-0.05, 0) is 54.4 Å². The molecule has 1 amide bonds. The first-order chi connectivity index (χ1) is 14.8.